The second-order valence-electron chi connectivity index (χ2n) is 7.51. The molecule has 0 bridgehead atoms. The van der Waals surface area contributed by atoms with Gasteiger partial charge in [0.1, 0.15) is 5.69 Å². The zero-order valence-electron chi connectivity index (χ0n) is 18.2. The predicted molar refractivity (Wildman–Crippen MR) is 113 cm³/mol. The topological polar surface area (TPSA) is 121 Å². The lowest BCUT2D eigenvalue weighted by molar-refractivity contribution is -0.126. The van der Waals surface area contributed by atoms with Crippen LogP contribution < -0.4 is 10.6 Å². The Morgan fingerprint density at radius 1 is 1.07 bits per heavy atom. The zero-order chi connectivity index (χ0) is 22.6. The van der Waals surface area contributed by atoms with Crippen molar-refractivity contribution < 1.29 is 24.2 Å². The second-order valence-corrected chi connectivity index (χ2v) is 7.51. The largest absolute Gasteiger partial charge is 0.451 e. The number of aromatic nitrogens is 1. The molecule has 2 aromatic rings. The summed E-state index contributed by atoms with van der Waals surface area (Å²) in [7, 11) is 0. The summed E-state index contributed by atoms with van der Waals surface area (Å²) < 4.78 is 5.03. The van der Waals surface area contributed by atoms with Gasteiger partial charge in [0.25, 0.3) is 5.91 Å². The fraction of sp³-hybridized carbons (Fsp3) is 0.409. The van der Waals surface area contributed by atoms with E-state index in [-0.39, 0.29) is 18.1 Å². The molecule has 1 heterocycles. The molecule has 8 nitrogen and oxygen atoms in total. The number of anilines is 1. The number of carbonyl (C=O) groups is 3. The van der Waals surface area contributed by atoms with E-state index in [1.54, 1.807) is 20.8 Å². The molecule has 0 radical (unpaired) electrons. The van der Waals surface area contributed by atoms with E-state index in [0.717, 1.165) is 22.4 Å². The Labute approximate surface area is 176 Å². The van der Waals surface area contributed by atoms with Crippen molar-refractivity contribution in [2.24, 2.45) is 0 Å². The maximum Gasteiger partial charge on any atom is 0.355 e. The molecule has 30 heavy (non-hydrogen) atoms. The van der Waals surface area contributed by atoms with Crippen LogP contribution in [-0.4, -0.2) is 41.0 Å². The number of aromatic amines is 1. The lowest BCUT2D eigenvalue weighted by Crippen LogP contribution is -2.35. The summed E-state index contributed by atoms with van der Waals surface area (Å²) in [5, 5.41) is 15.0. The first-order chi connectivity index (χ1) is 14.0. The van der Waals surface area contributed by atoms with Gasteiger partial charge in [-0.3, -0.25) is 9.59 Å². The van der Waals surface area contributed by atoms with Gasteiger partial charge in [-0.25, -0.2) is 4.79 Å². The predicted octanol–water partition coefficient (Wildman–Crippen LogP) is 2.52. The molecule has 1 aromatic carbocycles. The van der Waals surface area contributed by atoms with Crippen LogP contribution in [0, 0.1) is 34.6 Å². The van der Waals surface area contributed by atoms with Gasteiger partial charge in [0.05, 0.1) is 12.6 Å². The van der Waals surface area contributed by atoms with E-state index in [0.29, 0.717) is 16.8 Å². The van der Waals surface area contributed by atoms with E-state index in [4.69, 9.17) is 4.74 Å². The molecule has 0 aliphatic carbocycles. The van der Waals surface area contributed by atoms with Gasteiger partial charge >= 0.3 is 5.97 Å². The Balaban J connectivity index is 1.86. The quantitative estimate of drug-likeness (QED) is 0.518. The number of nitrogens with one attached hydrogen (secondary N) is 3. The Kier molecular flexibility index (Phi) is 7.39. The van der Waals surface area contributed by atoms with Crippen LogP contribution in [0.2, 0.25) is 0 Å². The number of rotatable bonds is 7. The molecular weight excluding hydrogens is 386 g/mol. The summed E-state index contributed by atoms with van der Waals surface area (Å²) in [6.45, 7) is 10.1. The molecule has 0 aliphatic rings. The summed E-state index contributed by atoms with van der Waals surface area (Å²) in [5.41, 5.74) is 5.77. The molecule has 0 saturated heterocycles. The number of benzene rings is 1. The standard InChI is InChI=1S/C22H29N3O5/c1-11-7-12(2)20(13(3)8-11)25-17(27)9-23-18(28)10-30-22(29)21-14(4)19(16(6)26)15(5)24-21/h7-8,16,24,26H,9-10H2,1-6H3,(H,23,28)(H,25,27)/t16-/m1/s1. The van der Waals surface area contributed by atoms with Crippen LogP contribution >= 0.6 is 0 Å². The minimum Gasteiger partial charge on any atom is -0.451 e. The summed E-state index contributed by atoms with van der Waals surface area (Å²) in [5.74, 6) is -1.66. The average molecular weight is 415 g/mol. The number of hydrogen-bond acceptors (Lipinski definition) is 5. The molecule has 0 unspecified atom stereocenters. The first-order valence-corrected chi connectivity index (χ1v) is 9.69. The molecule has 4 N–H and O–H groups in total. The highest BCUT2D eigenvalue weighted by atomic mass is 16.5. The van der Waals surface area contributed by atoms with Gasteiger partial charge < -0.3 is 25.5 Å². The Hall–Kier alpha value is -3.13. The number of carbonyl (C=O) groups excluding carboxylic acids is 3. The van der Waals surface area contributed by atoms with Crippen molar-refractivity contribution >= 4 is 23.5 Å². The van der Waals surface area contributed by atoms with E-state index < -0.39 is 24.6 Å². The number of hydrogen-bond donors (Lipinski definition) is 4. The van der Waals surface area contributed by atoms with Crippen molar-refractivity contribution in [1.82, 2.24) is 10.3 Å². The number of ether oxygens (including phenoxy) is 1. The molecule has 0 fully saturated rings. The molecular formula is C22H29N3O5. The summed E-state index contributed by atoms with van der Waals surface area (Å²) in [6.07, 6.45) is -0.731. The second kappa shape index (κ2) is 9.58. The number of esters is 1. The van der Waals surface area contributed by atoms with Gasteiger partial charge in [-0.2, -0.15) is 0 Å². The molecule has 2 amide bonds. The minimum absolute atomic E-state index is 0.194. The molecule has 0 spiro atoms. The van der Waals surface area contributed by atoms with Crippen molar-refractivity contribution in [2.45, 2.75) is 47.6 Å². The van der Waals surface area contributed by atoms with Gasteiger partial charge in [-0.1, -0.05) is 17.7 Å². The molecule has 0 aliphatic heterocycles. The lowest BCUT2D eigenvalue weighted by Gasteiger charge is -2.13. The van der Waals surface area contributed by atoms with Crippen molar-refractivity contribution in [3.63, 3.8) is 0 Å². The first kappa shape index (κ1) is 23.2. The van der Waals surface area contributed by atoms with Crippen LogP contribution in [0.1, 0.15) is 57.0 Å². The Bertz CT molecular complexity index is 952. The molecule has 2 rings (SSSR count). The Morgan fingerprint density at radius 2 is 1.67 bits per heavy atom. The third-order valence-corrected chi connectivity index (χ3v) is 4.84. The van der Waals surface area contributed by atoms with E-state index in [1.807, 2.05) is 32.9 Å². The van der Waals surface area contributed by atoms with Crippen LogP contribution in [0.3, 0.4) is 0 Å². The highest BCUT2D eigenvalue weighted by molar-refractivity contribution is 5.96. The maximum absolute atomic E-state index is 12.2. The SMILES string of the molecule is Cc1cc(C)c(NC(=O)CNC(=O)COC(=O)c2[nH]c(C)c([C@@H](C)O)c2C)c(C)c1. The summed E-state index contributed by atoms with van der Waals surface area (Å²) in [6, 6.07) is 3.93. The van der Waals surface area contributed by atoms with Crippen LogP contribution in [0.5, 0.6) is 0 Å². The average Bonchev–Trinajstić information content (AvgIpc) is 2.95. The monoisotopic (exact) mass is 415 g/mol. The molecule has 0 saturated carbocycles. The maximum atomic E-state index is 12.2. The zero-order valence-corrected chi connectivity index (χ0v) is 18.2. The van der Waals surface area contributed by atoms with Crippen LogP contribution in [0.15, 0.2) is 12.1 Å². The van der Waals surface area contributed by atoms with E-state index in [9.17, 15) is 19.5 Å². The number of aliphatic hydroxyl groups is 1. The summed E-state index contributed by atoms with van der Waals surface area (Å²) >= 11 is 0. The third-order valence-electron chi connectivity index (χ3n) is 4.84. The van der Waals surface area contributed by atoms with Crippen LogP contribution in [0.4, 0.5) is 5.69 Å². The molecule has 1 atom stereocenters. The number of amides is 2. The summed E-state index contributed by atoms with van der Waals surface area (Å²) in [4.78, 5) is 39.2. The smallest absolute Gasteiger partial charge is 0.355 e. The minimum atomic E-state index is -0.731. The first-order valence-electron chi connectivity index (χ1n) is 9.69. The van der Waals surface area contributed by atoms with Gasteiger partial charge in [-0.05, 0) is 58.2 Å². The normalized spacial score (nSPS) is 11.7. The van der Waals surface area contributed by atoms with Gasteiger partial charge in [-0.15, -0.1) is 0 Å². The fourth-order valence-electron chi connectivity index (χ4n) is 3.59. The highest BCUT2D eigenvalue weighted by Crippen LogP contribution is 2.25. The van der Waals surface area contributed by atoms with Gasteiger partial charge in [0.15, 0.2) is 6.61 Å². The number of H-pyrrole nitrogens is 1. The van der Waals surface area contributed by atoms with Gasteiger partial charge in [0, 0.05) is 16.9 Å². The Morgan fingerprint density at radius 3 is 2.20 bits per heavy atom. The fourth-order valence-corrected chi connectivity index (χ4v) is 3.59. The third kappa shape index (κ3) is 5.48. The van der Waals surface area contributed by atoms with Gasteiger partial charge in [0.2, 0.25) is 5.91 Å². The van der Waals surface area contributed by atoms with E-state index in [1.165, 1.54) is 0 Å². The van der Waals surface area contributed by atoms with Crippen molar-refractivity contribution in [2.75, 3.05) is 18.5 Å². The van der Waals surface area contributed by atoms with Crippen LogP contribution in [0.25, 0.3) is 0 Å². The molecule has 162 valence electrons. The number of aliphatic hydroxyl groups excluding tert-OH is 1. The van der Waals surface area contributed by atoms with E-state index in [2.05, 4.69) is 15.6 Å². The van der Waals surface area contributed by atoms with Crippen molar-refractivity contribution in [1.29, 1.82) is 0 Å². The lowest BCUT2D eigenvalue weighted by atomic mass is 10.1. The van der Waals surface area contributed by atoms with Crippen LogP contribution in [-0.2, 0) is 14.3 Å². The van der Waals surface area contributed by atoms with Crippen molar-refractivity contribution in [3.05, 3.63) is 51.3 Å². The van der Waals surface area contributed by atoms with E-state index >= 15 is 0 Å². The molecule has 8 heteroatoms. The highest BCUT2D eigenvalue weighted by Gasteiger charge is 2.21. The number of aryl methyl sites for hydroxylation is 4. The molecule has 1 aromatic heterocycles. The van der Waals surface area contributed by atoms with Crippen molar-refractivity contribution in [3.8, 4) is 0 Å².